The highest BCUT2D eigenvalue weighted by molar-refractivity contribution is 5.98. The maximum atomic E-state index is 12.1. The van der Waals surface area contributed by atoms with Crippen LogP contribution >= 0.6 is 0 Å². The molecule has 6 nitrogen and oxygen atoms in total. The van der Waals surface area contributed by atoms with E-state index in [0.717, 1.165) is 12.1 Å². The average Bonchev–Trinajstić information content (AvgIpc) is 2.97. The minimum absolute atomic E-state index is 0.103. The number of aromatic nitrogens is 1. The number of carbonyl (C=O) groups excluding carboxylic acids is 1. The van der Waals surface area contributed by atoms with Crippen molar-refractivity contribution >= 4 is 17.2 Å². The van der Waals surface area contributed by atoms with E-state index < -0.39 is 4.92 Å². The van der Waals surface area contributed by atoms with Crippen LogP contribution in [0.25, 0.3) is 0 Å². The standard InChI is InChI=1S/C15H17N3O3/c1-3-11-4-6-12(7-5-11)17(2)10-15(19)14-8-13(9-16-14)18(20)21/h4-9,16H,3,10H2,1-2H3. The smallest absolute Gasteiger partial charge is 0.287 e. The molecule has 0 bridgehead atoms. The molecule has 2 aromatic rings. The number of aryl methyl sites for hydroxylation is 1. The topological polar surface area (TPSA) is 79.2 Å². The summed E-state index contributed by atoms with van der Waals surface area (Å²) < 4.78 is 0. The van der Waals surface area contributed by atoms with E-state index >= 15 is 0 Å². The normalized spacial score (nSPS) is 10.4. The van der Waals surface area contributed by atoms with Crippen LogP contribution in [0.3, 0.4) is 0 Å². The molecule has 0 saturated heterocycles. The zero-order valence-electron chi connectivity index (χ0n) is 12.0. The molecule has 1 aromatic carbocycles. The van der Waals surface area contributed by atoms with Gasteiger partial charge in [-0.3, -0.25) is 14.9 Å². The number of ketones is 1. The van der Waals surface area contributed by atoms with Crippen molar-refractivity contribution in [2.75, 3.05) is 18.5 Å². The molecule has 0 atom stereocenters. The Kier molecular flexibility index (Phi) is 4.37. The summed E-state index contributed by atoms with van der Waals surface area (Å²) in [4.78, 5) is 26.6. The average molecular weight is 287 g/mol. The van der Waals surface area contributed by atoms with E-state index in [9.17, 15) is 14.9 Å². The predicted octanol–water partition coefficient (Wildman–Crippen LogP) is 2.80. The lowest BCUT2D eigenvalue weighted by Crippen LogP contribution is -2.25. The summed E-state index contributed by atoms with van der Waals surface area (Å²) in [5.74, 6) is -0.190. The van der Waals surface area contributed by atoms with E-state index in [1.807, 2.05) is 36.2 Å². The third-order valence-corrected chi connectivity index (χ3v) is 3.35. The van der Waals surface area contributed by atoms with Crippen LogP contribution in [-0.2, 0) is 6.42 Å². The van der Waals surface area contributed by atoms with Gasteiger partial charge in [0.05, 0.1) is 23.4 Å². The van der Waals surface area contributed by atoms with E-state index in [0.29, 0.717) is 0 Å². The zero-order chi connectivity index (χ0) is 15.4. The molecular formula is C15H17N3O3. The number of rotatable bonds is 6. The molecule has 6 heteroatoms. The highest BCUT2D eigenvalue weighted by Crippen LogP contribution is 2.16. The monoisotopic (exact) mass is 287 g/mol. The highest BCUT2D eigenvalue weighted by Gasteiger charge is 2.16. The molecule has 110 valence electrons. The van der Waals surface area contributed by atoms with Crippen molar-refractivity contribution in [1.29, 1.82) is 0 Å². The van der Waals surface area contributed by atoms with Crippen molar-refractivity contribution in [3.8, 4) is 0 Å². The first kappa shape index (κ1) is 14.8. The summed E-state index contributed by atoms with van der Waals surface area (Å²) in [7, 11) is 1.82. The highest BCUT2D eigenvalue weighted by atomic mass is 16.6. The summed E-state index contributed by atoms with van der Waals surface area (Å²) in [5, 5.41) is 10.6. The fourth-order valence-corrected chi connectivity index (χ4v) is 2.03. The maximum Gasteiger partial charge on any atom is 0.287 e. The van der Waals surface area contributed by atoms with E-state index in [2.05, 4.69) is 11.9 Å². The quantitative estimate of drug-likeness (QED) is 0.503. The minimum atomic E-state index is -0.527. The Morgan fingerprint density at radius 3 is 2.52 bits per heavy atom. The van der Waals surface area contributed by atoms with Gasteiger partial charge in [0.15, 0.2) is 5.78 Å². The number of H-pyrrole nitrogens is 1. The number of nitro groups is 1. The molecular weight excluding hydrogens is 270 g/mol. The summed E-state index contributed by atoms with van der Waals surface area (Å²) in [6, 6.07) is 9.23. The molecule has 0 radical (unpaired) electrons. The van der Waals surface area contributed by atoms with Crippen LogP contribution in [0.2, 0.25) is 0 Å². The lowest BCUT2D eigenvalue weighted by atomic mass is 10.1. The zero-order valence-corrected chi connectivity index (χ0v) is 12.0. The van der Waals surface area contributed by atoms with Gasteiger partial charge in [0.2, 0.25) is 0 Å². The first-order valence-corrected chi connectivity index (χ1v) is 6.67. The van der Waals surface area contributed by atoms with Gasteiger partial charge in [0, 0.05) is 18.8 Å². The van der Waals surface area contributed by atoms with E-state index in [-0.39, 0.29) is 23.7 Å². The van der Waals surface area contributed by atoms with Crippen molar-refractivity contribution in [1.82, 2.24) is 4.98 Å². The SMILES string of the molecule is CCc1ccc(N(C)CC(=O)c2cc([N+](=O)[O-])c[nH]2)cc1. The van der Waals surface area contributed by atoms with Crippen molar-refractivity contribution in [2.45, 2.75) is 13.3 Å². The van der Waals surface area contributed by atoms with Gasteiger partial charge >= 0.3 is 0 Å². The van der Waals surface area contributed by atoms with E-state index in [1.54, 1.807) is 0 Å². The molecule has 0 fully saturated rings. The number of aromatic amines is 1. The van der Waals surface area contributed by atoms with Gasteiger partial charge in [0.25, 0.3) is 5.69 Å². The van der Waals surface area contributed by atoms with E-state index in [4.69, 9.17) is 0 Å². The van der Waals surface area contributed by atoms with Crippen molar-refractivity contribution in [3.05, 3.63) is 57.9 Å². The Morgan fingerprint density at radius 1 is 1.33 bits per heavy atom. The molecule has 1 heterocycles. The van der Waals surface area contributed by atoms with Gasteiger partial charge in [-0.05, 0) is 24.1 Å². The molecule has 0 saturated carbocycles. The predicted molar refractivity (Wildman–Crippen MR) is 80.9 cm³/mol. The lowest BCUT2D eigenvalue weighted by molar-refractivity contribution is -0.384. The van der Waals surface area contributed by atoms with Gasteiger partial charge in [-0.2, -0.15) is 0 Å². The molecule has 21 heavy (non-hydrogen) atoms. The lowest BCUT2D eigenvalue weighted by Gasteiger charge is -2.18. The van der Waals surface area contributed by atoms with Gasteiger partial charge in [-0.15, -0.1) is 0 Å². The number of likely N-dealkylation sites (N-methyl/N-ethyl adjacent to an activating group) is 1. The number of anilines is 1. The first-order chi connectivity index (χ1) is 10.0. The number of carbonyl (C=O) groups is 1. The molecule has 0 spiro atoms. The fraction of sp³-hybridized carbons (Fsp3) is 0.267. The summed E-state index contributed by atoms with van der Waals surface area (Å²) in [5.41, 5.74) is 2.31. The number of benzene rings is 1. The maximum absolute atomic E-state index is 12.1. The van der Waals surface area contributed by atoms with Crippen LogP contribution in [0.15, 0.2) is 36.5 Å². The molecule has 0 aliphatic carbocycles. The molecule has 1 aromatic heterocycles. The minimum Gasteiger partial charge on any atom is -0.367 e. The Morgan fingerprint density at radius 2 is 2.00 bits per heavy atom. The summed E-state index contributed by atoms with van der Waals surface area (Å²) >= 11 is 0. The van der Waals surface area contributed by atoms with Crippen molar-refractivity contribution < 1.29 is 9.72 Å². The number of Topliss-reactive ketones (excluding diaryl/α,β-unsaturated/α-hetero) is 1. The summed E-state index contributed by atoms with van der Waals surface area (Å²) in [6.45, 7) is 2.24. The molecule has 2 rings (SSSR count). The second kappa shape index (κ2) is 6.21. The number of nitrogens with zero attached hydrogens (tertiary/aromatic N) is 2. The Balaban J connectivity index is 2.05. The van der Waals surface area contributed by atoms with Gasteiger partial charge in [-0.25, -0.2) is 0 Å². The van der Waals surface area contributed by atoms with Crippen LogP contribution in [0, 0.1) is 10.1 Å². The molecule has 0 aliphatic rings. The fourth-order valence-electron chi connectivity index (χ4n) is 2.03. The molecule has 1 N–H and O–H groups in total. The number of hydrogen-bond acceptors (Lipinski definition) is 4. The Labute approximate surface area is 122 Å². The van der Waals surface area contributed by atoms with E-state index in [1.165, 1.54) is 17.8 Å². The molecule has 0 amide bonds. The summed E-state index contributed by atoms with van der Waals surface area (Å²) in [6.07, 6.45) is 2.19. The van der Waals surface area contributed by atoms with Crippen molar-refractivity contribution in [3.63, 3.8) is 0 Å². The van der Waals surface area contributed by atoms with Crippen LogP contribution in [0.4, 0.5) is 11.4 Å². The van der Waals surface area contributed by atoms with Gasteiger partial charge in [-0.1, -0.05) is 19.1 Å². The van der Waals surface area contributed by atoms with Crippen LogP contribution < -0.4 is 4.90 Å². The number of nitrogens with one attached hydrogen (secondary N) is 1. The Bertz CT molecular complexity index is 646. The Hall–Kier alpha value is -2.63. The first-order valence-electron chi connectivity index (χ1n) is 6.67. The number of hydrogen-bond donors (Lipinski definition) is 1. The molecule has 0 unspecified atom stereocenters. The van der Waals surface area contributed by atoms with Gasteiger partial charge in [0.1, 0.15) is 0 Å². The second-order valence-electron chi connectivity index (χ2n) is 4.83. The third-order valence-electron chi connectivity index (χ3n) is 3.35. The third kappa shape index (κ3) is 3.47. The van der Waals surface area contributed by atoms with Crippen LogP contribution in [0.1, 0.15) is 23.0 Å². The van der Waals surface area contributed by atoms with Crippen LogP contribution in [-0.4, -0.2) is 29.3 Å². The largest absolute Gasteiger partial charge is 0.367 e. The van der Waals surface area contributed by atoms with Gasteiger partial charge < -0.3 is 9.88 Å². The molecule has 0 aliphatic heterocycles. The van der Waals surface area contributed by atoms with Crippen LogP contribution in [0.5, 0.6) is 0 Å². The second-order valence-corrected chi connectivity index (χ2v) is 4.83. The van der Waals surface area contributed by atoms with Crippen molar-refractivity contribution in [2.24, 2.45) is 0 Å².